The summed E-state index contributed by atoms with van der Waals surface area (Å²) < 4.78 is 5.90. The zero-order valence-corrected chi connectivity index (χ0v) is 8.68. The first-order valence-corrected chi connectivity index (χ1v) is 5.31. The third-order valence-corrected chi connectivity index (χ3v) is 3.21. The molecule has 3 heteroatoms. The molecule has 1 spiro atoms. The van der Waals surface area contributed by atoms with Gasteiger partial charge in [0.05, 0.1) is 12.2 Å². The van der Waals surface area contributed by atoms with E-state index in [2.05, 4.69) is 24.1 Å². The molecule has 2 fully saturated rings. The minimum Gasteiger partial charge on any atom is -0.371 e. The van der Waals surface area contributed by atoms with Gasteiger partial charge in [0.2, 0.25) is 0 Å². The van der Waals surface area contributed by atoms with Crippen LogP contribution in [0.5, 0.6) is 0 Å². The number of ether oxygens (including phenoxy) is 1. The summed E-state index contributed by atoms with van der Waals surface area (Å²) in [5.41, 5.74) is 0.141. The summed E-state index contributed by atoms with van der Waals surface area (Å²) in [6, 6.07) is 0.657. The Bertz CT molecular complexity index is 176. The lowest BCUT2D eigenvalue weighted by atomic mass is 10.0. The highest BCUT2D eigenvalue weighted by atomic mass is 16.5. The number of nitrogens with one attached hydrogen (secondary N) is 1. The van der Waals surface area contributed by atoms with Gasteiger partial charge in [0.25, 0.3) is 0 Å². The summed E-state index contributed by atoms with van der Waals surface area (Å²) in [5, 5.41) is 3.43. The zero-order chi connectivity index (χ0) is 9.31. The van der Waals surface area contributed by atoms with E-state index in [-0.39, 0.29) is 5.60 Å². The largest absolute Gasteiger partial charge is 0.371 e. The van der Waals surface area contributed by atoms with Crippen molar-refractivity contribution in [3.63, 3.8) is 0 Å². The Labute approximate surface area is 80.4 Å². The van der Waals surface area contributed by atoms with E-state index in [1.165, 1.54) is 13.0 Å². The molecule has 76 valence electrons. The van der Waals surface area contributed by atoms with Gasteiger partial charge >= 0.3 is 0 Å². The van der Waals surface area contributed by atoms with Crippen LogP contribution in [0.15, 0.2) is 0 Å². The monoisotopic (exact) mass is 184 g/mol. The molecule has 2 heterocycles. The van der Waals surface area contributed by atoms with Gasteiger partial charge in [-0.2, -0.15) is 0 Å². The van der Waals surface area contributed by atoms with E-state index in [1.807, 2.05) is 0 Å². The third kappa shape index (κ3) is 1.87. The van der Waals surface area contributed by atoms with E-state index in [0.717, 1.165) is 26.2 Å². The van der Waals surface area contributed by atoms with Crippen LogP contribution >= 0.6 is 0 Å². The molecule has 3 nitrogen and oxygen atoms in total. The van der Waals surface area contributed by atoms with E-state index < -0.39 is 0 Å². The van der Waals surface area contributed by atoms with Crippen LogP contribution in [0, 0.1) is 0 Å². The molecule has 2 rings (SSSR count). The first kappa shape index (κ1) is 9.44. The number of nitrogens with zero attached hydrogens (tertiary/aromatic N) is 1. The highest BCUT2D eigenvalue weighted by molar-refractivity contribution is 4.96. The molecule has 0 radical (unpaired) electrons. The molecule has 0 bridgehead atoms. The Balaban J connectivity index is 1.94. The lowest BCUT2D eigenvalue weighted by Gasteiger charge is -2.34. The van der Waals surface area contributed by atoms with Crippen molar-refractivity contribution >= 4 is 0 Å². The van der Waals surface area contributed by atoms with Crippen LogP contribution in [0.3, 0.4) is 0 Å². The summed E-state index contributed by atoms with van der Waals surface area (Å²) >= 11 is 0. The molecule has 1 atom stereocenters. The summed E-state index contributed by atoms with van der Waals surface area (Å²) in [7, 11) is 0. The van der Waals surface area contributed by atoms with Gasteiger partial charge in [0, 0.05) is 32.2 Å². The molecular formula is C10H20N2O. The minimum atomic E-state index is 0.141. The molecule has 0 aromatic rings. The molecule has 2 saturated heterocycles. The van der Waals surface area contributed by atoms with Gasteiger partial charge in [-0.25, -0.2) is 0 Å². The second-order valence-electron chi connectivity index (χ2n) is 4.52. The Morgan fingerprint density at radius 2 is 2.31 bits per heavy atom. The fraction of sp³-hybridized carbons (Fsp3) is 1.00. The van der Waals surface area contributed by atoms with Crippen molar-refractivity contribution in [2.45, 2.75) is 31.9 Å². The quantitative estimate of drug-likeness (QED) is 0.641. The van der Waals surface area contributed by atoms with Gasteiger partial charge in [0.15, 0.2) is 0 Å². The number of rotatable bonds is 1. The first-order valence-electron chi connectivity index (χ1n) is 5.31. The SMILES string of the molecule is CC(C)N1CCC2(CNCCO2)C1. The Morgan fingerprint density at radius 1 is 1.46 bits per heavy atom. The first-order chi connectivity index (χ1) is 6.22. The van der Waals surface area contributed by atoms with E-state index in [4.69, 9.17) is 4.74 Å². The van der Waals surface area contributed by atoms with Gasteiger partial charge in [-0.05, 0) is 20.3 Å². The highest BCUT2D eigenvalue weighted by Crippen LogP contribution is 2.27. The van der Waals surface area contributed by atoms with Crippen LogP contribution in [-0.4, -0.2) is 49.3 Å². The van der Waals surface area contributed by atoms with E-state index >= 15 is 0 Å². The summed E-state index contributed by atoms with van der Waals surface area (Å²) in [5.74, 6) is 0. The molecule has 0 aromatic carbocycles. The molecule has 1 N–H and O–H groups in total. The van der Waals surface area contributed by atoms with Crippen molar-refractivity contribution < 1.29 is 4.74 Å². The van der Waals surface area contributed by atoms with Crippen molar-refractivity contribution in [2.75, 3.05) is 32.8 Å². The lowest BCUT2D eigenvalue weighted by Crippen LogP contribution is -2.51. The highest BCUT2D eigenvalue weighted by Gasteiger charge is 2.40. The van der Waals surface area contributed by atoms with Gasteiger partial charge < -0.3 is 10.1 Å². The number of hydrogen-bond acceptors (Lipinski definition) is 3. The van der Waals surface area contributed by atoms with Crippen LogP contribution < -0.4 is 5.32 Å². The molecule has 2 aliphatic heterocycles. The average Bonchev–Trinajstić information content (AvgIpc) is 2.51. The maximum atomic E-state index is 5.90. The van der Waals surface area contributed by atoms with Crippen molar-refractivity contribution in [2.24, 2.45) is 0 Å². The molecule has 13 heavy (non-hydrogen) atoms. The molecule has 0 saturated carbocycles. The van der Waals surface area contributed by atoms with Crippen LogP contribution in [0.25, 0.3) is 0 Å². The van der Waals surface area contributed by atoms with E-state index in [0.29, 0.717) is 6.04 Å². The molecular weight excluding hydrogens is 164 g/mol. The number of hydrogen-bond donors (Lipinski definition) is 1. The fourth-order valence-electron chi connectivity index (χ4n) is 2.29. The van der Waals surface area contributed by atoms with Crippen molar-refractivity contribution in [1.29, 1.82) is 0 Å². The number of likely N-dealkylation sites (tertiary alicyclic amines) is 1. The zero-order valence-electron chi connectivity index (χ0n) is 8.68. The second kappa shape index (κ2) is 3.56. The molecule has 1 unspecified atom stereocenters. The topological polar surface area (TPSA) is 24.5 Å². The van der Waals surface area contributed by atoms with E-state index in [1.54, 1.807) is 0 Å². The molecule has 0 aliphatic carbocycles. The smallest absolute Gasteiger partial charge is 0.0945 e. The standard InChI is InChI=1S/C10H20N2O/c1-9(2)12-5-3-10(8-12)7-11-4-6-13-10/h9,11H,3-8H2,1-2H3. The summed E-state index contributed by atoms with van der Waals surface area (Å²) in [6.45, 7) is 9.76. The van der Waals surface area contributed by atoms with Crippen LogP contribution in [0.2, 0.25) is 0 Å². The third-order valence-electron chi connectivity index (χ3n) is 3.21. The Kier molecular flexibility index (Phi) is 2.58. The Morgan fingerprint density at radius 3 is 2.85 bits per heavy atom. The Hall–Kier alpha value is -0.120. The molecule has 0 aromatic heterocycles. The van der Waals surface area contributed by atoms with E-state index in [9.17, 15) is 0 Å². The van der Waals surface area contributed by atoms with Crippen molar-refractivity contribution in [3.05, 3.63) is 0 Å². The summed E-state index contributed by atoms with van der Waals surface area (Å²) in [6.07, 6.45) is 1.19. The van der Waals surface area contributed by atoms with Crippen LogP contribution in [0.1, 0.15) is 20.3 Å². The van der Waals surface area contributed by atoms with Gasteiger partial charge in [0.1, 0.15) is 0 Å². The van der Waals surface area contributed by atoms with Gasteiger partial charge in [-0.15, -0.1) is 0 Å². The predicted molar refractivity (Wildman–Crippen MR) is 52.9 cm³/mol. The van der Waals surface area contributed by atoms with Crippen LogP contribution in [0.4, 0.5) is 0 Å². The number of morpholine rings is 1. The minimum absolute atomic E-state index is 0.141. The average molecular weight is 184 g/mol. The lowest BCUT2D eigenvalue weighted by molar-refractivity contribution is -0.0585. The van der Waals surface area contributed by atoms with Gasteiger partial charge in [-0.1, -0.05) is 0 Å². The fourth-order valence-corrected chi connectivity index (χ4v) is 2.29. The van der Waals surface area contributed by atoms with Gasteiger partial charge in [-0.3, -0.25) is 4.90 Å². The van der Waals surface area contributed by atoms with Crippen molar-refractivity contribution in [3.8, 4) is 0 Å². The maximum Gasteiger partial charge on any atom is 0.0945 e. The molecule has 2 aliphatic rings. The van der Waals surface area contributed by atoms with Crippen LogP contribution in [-0.2, 0) is 4.74 Å². The summed E-state index contributed by atoms with van der Waals surface area (Å²) in [4.78, 5) is 2.51. The normalized spacial score (nSPS) is 36.2. The maximum absolute atomic E-state index is 5.90. The predicted octanol–water partition coefficient (Wildman–Crippen LogP) is 0.459. The molecule has 0 amide bonds. The van der Waals surface area contributed by atoms with Crippen molar-refractivity contribution in [1.82, 2.24) is 10.2 Å². The second-order valence-corrected chi connectivity index (χ2v) is 4.52.